The number of nitrogens with zero attached hydrogens (tertiary/aromatic N) is 2. The van der Waals surface area contributed by atoms with Gasteiger partial charge in [-0.05, 0) is 73.9 Å². The normalized spacial score (nSPS) is 14.2. The van der Waals surface area contributed by atoms with Gasteiger partial charge in [0.1, 0.15) is 0 Å². The molecule has 1 amide bonds. The Balaban J connectivity index is 1.31. The van der Waals surface area contributed by atoms with Crippen LogP contribution in [-0.2, 0) is 10.3 Å². The minimum Gasteiger partial charge on any atom is -0.343 e. The van der Waals surface area contributed by atoms with Crippen LogP contribution in [0.2, 0.25) is 0 Å². The fraction of sp³-hybridized carbons (Fsp3) is 0.235. The third-order valence-electron chi connectivity index (χ3n) is 8.04. The average molecular weight is 543 g/mol. The van der Waals surface area contributed by atoms with Crippen LogP contribution in [0.15, 0.2) is 89.9 Å². The minimum absolute atomic E-state index is 0.0521. The number of fused-ring (bicyclic) bond motifs is 3. The van der Waals surface area contributed by atoms with Gasteiger partial charge in [-0.15, -0.1) is 12.3 Å². The maximum atomic E-state index is 12.8. The number of benzene rings is 2. The Morgan fingerprint density at radius 2 is 1.90 bits per heavy atom. The zero-order valence-electron chi connectivity index (χ0n) is 22.8. The smallest absolute Gasteiger partial charge is 0.343 e. The van der Waals surface area contributed by atoms with E-state index in [0.29, 0.717) is 5.65 Å². The summed E-state index contributed by atoms with van der Waals surface area (Å²) < 4.78 is 1.51. The summed E-state index contributed by atoms with van der Waals surface area (Å²) >= 11 is 0. The van der Waals surface area contributed by atoms with Gasteiger partial charge in [-0.2, -0.15) is 5.10 Å². The van der Waals surface area contributed by atoms with Gasteiger partial charge in [-0.3, -0.25) is 4.79 Å². The second-order valence-corrected chi connectivity index (χ2v) is 10.6. The van der Waals surface area contributed by atoms with Gasteiger partial charge in [0.25, 0.3) is 0 Å². The molecule has 41 heavy (non-hydrogen) atoms. The number of H-pyrrole nitrogens is 2. The van der Waals surface area contributed by atoms with Crippen molar-refractivity contribution in [2.45, 2.75) is 50.5 Å². The van der Waals surface area contributed by atoms with Crippen LogP contribution in [0.25, 0.3) is 38.9 Å². The number of terminal acetylenes is 1. The first-order chi connectivity index (χ1) is 20.1. The highest BCUT2D eigenvalue weighted by Gasteiger charge is 2.39. The summed E-state index contributed by atoms with van der Waals surface area (Å²) in [6.07, 6.45) is 17.2. The summed E-state index contributed by atoms with van der Waals surface area (Å²) in [7, 11) is 0. The molecule has 0 unspecified atom stereocenters. The molecule has 0 radical (unpaired) electrons. The molecule has 0 aliphatic heterocycles. The van der Waals surface area contributed by atoms with Crippen molar-refractivity contribution in [3.05, 3.63) is 101 Å². The lowest BCUT2D eigenvalue weighted by atomic mass is 9.71. The number of carbonyl (C=O) groups is 1. The molecule has 3 aromatic heterocycles. The number of aromatic amines is 2. The van der Waals surface area contributed by atoms with Gasteiger partial charge < -0.3 is 5.32 Å². The van der Waals surface area contributed by atoms with Crippen LogP contribution < -0.4 is 16.0 Å². The minimum atomic E-state index is -0.336. The molecule has 0 atom stereocenters. The van der Waals surface area contributed by atoms with Crippen molar-refractivity contribution in [1.29, 1.82) is 0 Å². The molecule has 2 aromatic carbocycles. The average Bonchev–Trinajstić information content (AvgIpc) is 3.37. The van der Waals surface area contributed by atoms with Crippen molar-refractivity contribution in [2.24, 2.45) is 0 Å². The lowest BCUT2D eigenvalue weighted by Crippen LogP contribution is -2.50. The SMILES string of the molecule is C#CCCCC/C=C/C(=O)NC1(c2ccc(-c3[nH+]c4ccn5c(=O)[nH]nc5c4cc3-c3ccccc3)cc2)CCC1. The number of hydrogen-bond acceptors (Lipinski definition) is 3. The lowest BCUT2D eigenvalue weighted by molar-refractivity contribution is -0.330. The van der Waals surface area contributed by atoms with Crippen molar-refractivity contribution < 1.29 is 9.78 Å². The molecule has 3 heterocycles. The van der Waals surface area contributed by atoms with Crippen LogP contribution in [0.3, 0.4) is 0 Å². The zero-order valence-corrected chi connectivity index (χ0v) is 22.8. The monoisotopic (exact) mass is 542 g/mol. The topological polar surface area (TPSA) is 93.4 Å². The molecule has 6 rings (SSSR count). The molecule has 7 heteroatoms. The lowest BCUT2D eigenvalue weighted by Gasteiger charge is -2.43. The molecule has 7 nitrogen and oxygen atoms in total. The fourth-order valence-corrected chi connectivity index (χ4v) is 5.66. The molecule has 5 aromatic rings. The predicted octanol–water partition coefficient (Wildman–Crippen LogP) is 5.57. The maximum Gasteiger partial charge on any atom is 0.347 e. The third kappa shape index (κ3) is 5.17. The number of rotatable bonds is 9. The highest BCUT2D eigenvalue weighted by Crippen LogP contribution is 2.42. The van der Waals surface area contributed by atoms with Crippen LogP contribution in [0.1, 0.15) is 50.5 Å². The van der Waals surface area contributed by atoms with E-state index in [1.54, 1.807) is 12.3 Å². The molecule has 204 valence electrons. The van der Waals surface area contributed by atoms with E-state index in [0.717, 1.165) is 83.8 Å². The first kappa shape index (κ1) is 26.3. The molecule has 1 saturated carbocycles. The zero-order chi connectivity index (χ0) is 28.2. The van der Waals surface area contributed by atoms with Crippen LogP contribution in [0.4, 0.5) is 0 Å². The highest BCUT2D eigenvalue weighted by molar-refractivity contribution is 5.95. The number of nitrogens with one attached hydrogen (secondary N) is 3. The fourth-order valence-electron chi connectivity index (χ4n) is 5.66. The van der Waals surface area contributed by atoms with E-state index in [9.17, 15) is 9.59 Å². The van der Waals surface area contributed by atoms with E-state index in [-0.39, 0.29) is 17.1 Å². The second-order valence-electron chi connectivity index (χ2n) is 10.6. The van der Waals surface area contributed by atoms with Crippen LogP contribution in [0, 0.1) is 12.3 Å². The number of aromatic nitrogens is 4. The Hall–Kier alpha value is -4.96. The molecule has 0 spiro atoms. The van der Waals surface area contributed by atoms with Gasteiger partial charge in [0.05, 0.1) is 16.5 Å². The van der Waals surface area contributed by atoms with Crippen molar-refractivity contribution in [2.75, 3.05) is 0 Å². The van der Waals surface area contributed by atoms with E-state index in [2.05, 4.69) is 68.9 Å². The molecule has 0 saturated heterocycles. The molecule has 0 bridgehead atoms. The van der Waals surface area contributed by atoms with Gasteiger partial charge in [0, 0.05) is 24.2 Å². The Morgan fingerprint density at radius 3 is 2.63 bits per heavy atom. The summed E-state index contributed by atoms with van der Waals surface area (Å²) in [5.74, 6) is 2.60. The van der Waals surface area contributed by atoms with E-state index in [1.807, 2.05) is 30.3 Å². The van der Waals surface area contributed by atoms with Crippen LogP contribution in [0.5, 0.6) is 0 Å². The van der Waals surface area contributed by atoms with E-state index in [4.69, 9.17) is 6.42 Å². The van der Waals surface area contributed by atoms with Crippen LogP contribution >= 0.6 is 0 Å². The van der Waals surface area contributed by atoms with E-state index in [1.165, 1.54) is 4.40 Å². The molecule has 1 fully saturated rings. The molecular weight excluding hydrogens is 510 g/mol. The van der Waals surface area contributed by atoms with Crippen LogP contribution in [-0.4, -0.2) is 20.5 Å². The third-order valence-corrected chi connectivity index (χ3v) is 8.04. The van der Waals surface area contributed by atoms with Gasteiger partial charge in [-0.1, -0.05) is 48.5 Å². The Labute approximate surface area is 238 Å². The van der Waals surface area contributed by atoms with E-state index < -0.39 is 0 Å². The number of pyridine rings is 2. The van der Waals surface area contributed by atoms with Gasteiger partial charge in [0.2, 0.25) is 17.1 Å². The molecular formula is C34H32N5O2+. The highest BCUT2D eigenvalue weighted by atomic mass is 16.2. The Morgan fingerprint density at radius 1 is 1.10 bits per heavy atom. The molecule has 1 aliphatic carbocycles. The first-order valence-corrected chi connectivity index (χ1v) is 14.1. The summed E-state index contributed by atoms with van der Waals surface area (Å²) in [4.78, 5) is 28.5. The van der Waals surface area contributed by atoms with Gasteiger partial charge in [-0.25, -0.2) is 19.3 Å². The Kier molecular flexibility index (Phi) is 7.22. The predicted molar refractivity (Wildman–Crippen MR) is 161 cm³/mol. The second kappa shape index (κ2) is 11.3. The van der Waals surface area contributed by atoms with Crippen molar-refractivity contribution in [1.82, 2.24) is 19.9 Å². The van der Waals surface area contributed by atoms with Crippen molar-refractivity contribution in [3.63, 3.8) is 0 Å². The first-order valence-electron chi connectivity index (χ1n) is 14.1. The molecule has 3 N–H and O–H groups in total. The van der Waals surface area contributed by atoms with Crippen molar-refractivity contribution >= 4 is 22.5 Å². The summed E-state index contributed by atoms with van der Waals surface area (Å²) in [6, 6.07) is 22.6. The van der Waals surface area contributed by atoms with Crippen molar-refractivity contribution in [3.8, 4) is 34.7 Å². The number of hydrogen-bond donors (Lipinski definition) is 2. The number of allylic oxidation sites excluding steroid dienone is 1. The number of amides is 1. The van der Waals surface area contributed by atoms with Gasteiger partial charge >= 0.3 is 5.69 Å². The quantitative estimate of drug-likeness (QED) is 0.145. The Bertz CT molecular complexity index is 1840. The molecule has 1 aliphatic rings. The largest absolute Gasteiger partial charge is 0.347 e. The number of unbranched alkanes of at least 4 members (excludes halogenated alkanes) is 3. The standard InChI is InChI=1S/C34H31N5O2/c1-2-3-4-5-6-10-14-30(40)36-34(20-11-21-34)26-17-15-25(16-18-26)31-27(24-12-8-7-9-13-24)23-28-29(35-31)19-22-39-32(28)37-38-33(39)41/h1,7-10,12-19,22-23H,3-6,11,20-21H2,(H,36,40)(H,38,41)/p+1/b14-10+. The van der Waals surface area contributed by atoms with Gasteiger partial charge in [0.15, 0.2) is 5.65 Å². The summed E-state index contributed by atoms with van der Waals surface area (Å²) in [5, 5.41) is 10.9. The summed E-state index contributed by atoms with van der Waals surface area (Å²) in [5.41, 5.74) is 6.03. The number of carbonyl (C=O) groups excluding carboxylic acids is 1. The summed E-state index contributed by atoms with van der Waals surface area (Å²) in [6.45, 7) is 0. The maximum absolute atomic E-state index is 12.8. The van der Waals surface area contributed by atoms with E-state index >= 15 is 0 Å².